The molecule has 0 atom stereocenters. The van der Waals surface area contributed by atoms with Gasteiger partial charge in [0.15, 0.2) is 17.2 Å². The summed E-state index contributed by atoms with van der Waals surface area (Å²) in [5, 5.41) is 16.9. The number of methoxy groups -OCH3 is 2. The molecule has 5 rings (SSSR count). The Labute approximate surface area is 206 Å². The first-order chi connectivity index (χ1) is 17.1. The van der Waals surface area contributed by atoms with E-state index >= 15 is 0 Å². The summed E-state index contributed by atoms with van der Waals surface area (Å²) in [4.78, 5) is 16.0. The van der Waals surface area contributed by atoms with Gasteiger partial charge in [0, 0.05) is 35.8 Å². The molecule has 3 heterocycles. The maximum Gasteiger partial charge on any atom is 0.272 e. The SMILES string of the molecule is COc1cc2sc(C(=O)Nc3nn[nH]n3)c(OC3CCN(Cc4ccccc4)CC3)c2cc1OC. The molecule has 0 bridgehead atoms. The highest BCUT2D eigenvalue weighted by Crippen LogP contribution is 2.44. The van der Waals surface area contributed by atoms with Gasteiger partial charge in [0.25, 0.3) is 11.9 Å². The van der Waals surface area contributed by atoms with Crippen molar-refractivity contribution in [1.82, 2.24) is 25.5 Å². The smallest absolute Gasteiger partial charge is 0.272 e. The van der Waals surface area contributed by atoms with Crippen LogP contribution in [0.15, 0.2) is 42.5 Å². The molecule has 0 radical (unpaired) electrons. The van der Waals surface area contributed by atoms with E-state index < -0.39 is 0 Å². The van der Waals surface area contributed by atoms with E-state index in [0.29, 0.717) is 22.1 Å². The number of carbonyl (C=O) groups is 1. The molecule has 4 aromatic rings. The standard InChI is InChI=1S/C24H26N6O4S/c1-32-18-12-17-20(13-19(18)33-2)35-22(23(31)25-24-26-28-29-27-24)21(17)34-16-8-10-30(11-9-16)14-15-6-4-3-5-7-15/h3-7,12-13,16H,8-11,14H2,1-2H3,(H2,25,26,27,28,29,31). The molecule has 0 aliphatic carbocycles. The van der Waals surface area contributed by atoms with Gasteiger partial charge in [-0.15, -0.1) is 16.4 Å². The molecule has 0 spiro atoms. The molecule has 1 saturated heterocycles. The summed E-state index contributed by atoms with van der Waals surface area (Å²) in [5.74, 6) is 1.44. The van der Waals surface area contributed by atoms with E-state index in [1.54, 1.807) is 14.2 Å². The third-order valence-electron chi connectivity index (χ3n) is 5.99. The second-order valence-corrected chi connectivity index (χ2v) is 9.28. The van der Waals surface area contributed by atoms with Crippen molar-refractivity contribution < 1.29 is 19.0 Å². The molecule has 0 saturated carbocycles. The highest BCUT2D eigenvalue weighted by atomic mass is 32.1. The predicted octanol–water partition coefficient (Wildman–Crippen LogP) is 3.73. The van der Waals surface area contributed by atoms with Crippen LogP contribution in [0.25, 0.3) is 10.1 Å². The van der Waals surface area contributed by atoms with Gasteiger partial charge in [-0.05, 0) is 29.7 Å². The minimum Gasteiger partial charge on any atom is -0.493 e. The Morgan fingerprint density at radius 1 is 1.14 bits per heavy atom. The van der Waals surface area contributed by atoms with E-state index in [1.165, 1.54) is 16.9 Å². The van der Waals surface area contributed by atoms with Crippen LogP contribution in [0.2, 0.25) is 0 Å². The lowest BCUT2D eigenvalue weighted by atomic mass is 10.1. The molecule has 1 aliphatic rings. The van der Waals surface area contributed by atoms with Gasteiger partial charge in [0.1, 0.15) is 11.0 Å². The number of nitrogens with zero attached hydrogens (tertiary/aromatic N) is 4. The number of fused-ring (bicyclic) bond motifs is 1. The molecule has 2 aromatic heterocycles. The Morgan fingerprint density at radius 3 is 2.57 bits per heavy atom. The van der Waals surface area contributed by atoms with E-state index in [0.717, 1.165) is 42.6 Å². The number of amides is 1. The number of carbonyl (C=O) groups excluding carboxylic acids is 1. The third kappa shape index (κ3) is 5.05. The largest absolute Gasteiger partial charge is 0.493 e. The zero-order chi connectivity index (χ0) is 24.2. The lowest BCUT2D eigenvalue weighted by Crippen LogP contribution is -2.38. The van der Waals surface area contributed by atoms with Crippen LogP contribution in [-0.4, -0.2) is 64.8 Å². The van der Waals surface area contributed by atoms with Gasteiger partial charge in [0.2, 0.25) is 0 Å². The highest BCUT2D eigenvalue weighted by molar-refractivity contribution is 7.21. The maximum absolute atomic E-state index is 13.1. The number of tetrazole rings is 1. The number of rotatable bonds is 8. The van der Waals surface area contributed by atoms with Gasteiger partial charge in [-0.1, -0.05) is 35.4 Å². The van der Waals surface area contributed by atoms with Crippen LogP contribution in [0.1, 0.15) is 28.1 Å². The molecule has 10 nitrogen and oxygen atoms in total. The van der Waals surface area contributed by atoms with Crippen LogP contribution in [0, 0.1) is 0 Å². The van der Waals surface area contributed by atoms with E-state index in [1.807, 2.05) is 18.2 Å². The number of piperidine rings is 1. The average molecular weight is 495 g/mol. The monoisotopic (exact) mass is 494 g/mol. The van der Waals surface area contributed by atoms with E-state index in [2.05, 4.69) is 55.1 Å². The molecule has 182 valence electrons. The topological polar surface area (TPSA) is 114 Å². The van der Waals surface area contributed by atoms with Crippen molar-refractivity contribution in [2.24, 2.45) is 0 Å². The van der Waals surface area contributed by atoms with Crippen molar-refractivity contribution >= 4 is 33.3 Å². The first-order valence-electron chi connectivity index (χ1n) is 11.3. The fourth-order valence-corrected chi connectivity index (χ4v) is 5.28. The number of thiophene rings is 1. The second-order valence-electron chi connectivity index (χ2n) is 8.23. The number of nitrogens with one attached hydrogen (secondary N) is 2. The molecule has 0 unspecified atom stereocenters. The molecule has 1 aliphatic heterocycles. The first kappa shape index (κ1) is 23.1. The molecule has 1 amide bonds. The number of ether oxygens (including phenoxy) is 3. The minimum atomic E-state index is -0.359. The molecule has 11 heteroatoms. The van der Waals surface area contributed by atoms with Gasteiger partial charge < -0.3 is 14.2 Å². The Kier molecular flexibility index (Phi) is 6.77. The Hall–Kier alpha value is -3.70. The summed E-state index contributed by atoms with van der Waals surface area (Å²) >= 11 is 1.32. The van der Waals surface area contributed by atoms with Gasteiger partial charge in [-0.25, -0.2) is 0 Å². The lowest BCUT2D eigenvalue weighted by molar-refractivity contribution is 0.0939. The number of hydrogen-bond donors (Lipinski definition) is 2. The maximum atomic E-state index is 13.1. The number of likely N-dealkylation sites (tertiary alicyclic amines) is 1. The van der Waals surface area contributed by atoms with Crippen molar-refractivity contribution in [3.8, 4) is 17.2 Å². The number of aromatic nitrogens is 4. The van der Waals surface area contributed by atoms with E-state index in [4.69, 9.17) is 14.2 Å². The number of anilines is 1. The zero-order valence-electron chi connectivity index (χ0n) is 19.5. The third-order valence-corrected chi connectivity index (χ3v) is 7.13. The predicted molar refractivity (Wildman–Crippen MR) is 132 cm³/mol. The summed E-state index contributed by atoms with van der Waals surface area (Å²) in [6, 6.07) is 14.2. The summed E-state index contributed by atoms with van der Waals surface area (Å²) < 4.78 is 18.3. The zero-order valence-corrected chi connectivity index (χ0v) is 20.3. The quantitative estimate of drug-likeness (QED) is 0.381. The van der Waals surface area contributed by atoms with E-state index in [9.17, 15) is 4.79 Å². The Morgan fingerprint density at radius 2 is 1.89 bits per heavy atom. The molecule has 2 N–H and O–H groups in total. The molecular formula is C24H26N6O4S. The number of aromatic amines is 1. The van der Waals surface area contributed by atoms with Gasteiger partial charge in [-0.3, -0.25) is 15.0 Å². The summed E-state index contributed by atoms with van der Waals surface area (Å²) in [6.45, 7) is 2.76. The first-order valence-corrected chi connectivity index (χ1v) is 12.1. The van der Waals surface area contributed by atoms with Gasteiger partial charge >= 0.3 is 0 Å². The molecule has 2 aromatic carbocycles. The summed E-state index contributed by atoms with van der Waals surface area (Å²) in [6.07, 6.45) is 1.72. The Bertz CT molecular complexity index is 1290. The fourth-order valence-electron chi connectivity index (χ4n) is 4.23. The van der Waals surface area contributed by atoms with Crippen LogP contribution in [0.5, 0.6) is 17.2 Å². The van der Waals surface area contributed by atoms with Crippen molar-refractivity contribution in [3.05, 3.63) is 52.9 Å². The number of hydrogen-bond acceptors (Lipinski definition) is 9. The van der Waals surface area contributed by atoms with Crippen LogP contribution >= 0.6 is 11.3 Å². The van der Waals surface area contributed by atoms with Crippen LogP contribution in [0.4, 0.5) is 5.95 Å². The Balaban J connectivity index is 1.38. The van der Waals surface area contributed by atoms with Crippen LogP contribution < -0.4 is 19.5 Å². The van der Waals surface area contributed by atoms with Crippen molar-refractivity contribution in [2.75, 3.05) is 32.6 Å². The van der Waals surface area contributed by atoms with Gasteiger partial charge in [-0.2, -0.15) is 5.21 Å². The number of H-pyrrole nitrogens is 1. The normalized spacial score (nSPS) is 14.7. The lowest BCUT2D eigenvalue weighted by Gasteiger charge is -2.32. The molecule has 1 fully saturated rings. The molecular weight excluding hydrogens is 468 g/mol. The van der Waals surface area contributed by atoms with Crippen molar-refractivity contribution in [1.29, 1.82) is 0 Å². The van der Waals surface area contributed by atoms with Crippen molar-refractivity contribution in [3.63, 3.8) is 0 Å². The summed E-state index contributed by atoms with van der Waals surface area (Å²) in [7, 11) is 3.17. The highest BCUT2D eigenvalue weighted by Gasteiger charge is 2.27. The second kappa shape index (κ2) is 10.3. The fraction of sp³-hybridized carbons (Fsp3) is 0.333. The average Bonchev–Trinajstić information content (AvgIpc) is 3.52. The van der Waals surface area contributed by atoms with Gasteiger partial charge in [0.05, 0.1) is 14.2 Å². The van der Waals surface area contributed by atoms with E-state index in [-0.39, 0.29) is 18.0 Å². The minimum absolute atomic E-state index is 0.00959. The van der Waals surface area contributed by atoms with Crippen molar-refractivity contribution in [2.45, 2.75) is 25.5 Å². The molecule has 35 heavy (non-hydrogen) atoms. The summed E-state index contributed by atoms with van der Waals surface area (Å²) in [5.41, 5.74) is 1.30. The van der Waals surface area contributed by atoms with Crippen LogP contribution in [0.3, 0.4) is 0 Å². The number of benzene rings is 2. The van der Waals surface area contributed by atoms with Crippen LogP contribution in [-0.2, 0) is 6.54 Å².